The Morgan fingerprint density at radius 2 is 1.44 bits per heavy atom. The molecule has 0 aliphatic heterocycles. The molecule has 0 unspecified atom stereocenters. The molecule has 2 saturated carbocycles. The predicted octanol–water partition coefficient (Wildman–Crippen LogP) is 3.75. The molecule has 16 heavy (non-hydrogen) atoms. The van der Waals surface area contributed by atoms with Gasteiger partial charge in [-0.3, -0.25) is 0 Å². The van der Waals surface area contributed by atoms with Crippen LogP contribution in [-0.2, 0) is 0 Å². The molecule has 1 heteroatoms. The average molecular weight is 228 g/mol. The summed E-state index contributed by atoms with van der Waals surface area (Å²) < 4.78 is 0. The summed E-state index contributed by atoms with van der Waals surface area (Å²) >= 11 is 0. The van der Waals surface area contributed by atoms with Crippen LogP contribution < -0.4 is 0 Å². The van der Waals surface area contributed by atoms with Crippen molar-refractivity contribution in [2.75, 3.05) is 0 Å². The lowest BCUT2D eigenvalue weighted by Crippen LogP contribution is -2.43. The monoisotopic (exact) mass is 228 g/mol. The Morgan fingerprint density at radius 1 is 0.875 bits per heavy atom. The van der Waals surface area contributed by atoms with Crippen molar-refractivity contribution in [3.05, 3.63) is 60.9 Å². The lowest BCUT2D eigenvalue weighted by atomic mass is 9.94. The van der Waals surface area contributed by atoms with E-state index in [2.05, 4.69) is 66.0 Å². The lowest BCUT2D eigenvalue weighted by Gasteiger charge is -2.37. The highest BCUT2D eigenvalue weighted by molar-refractivity contribution is 6.89. The minimum Gasteiger partial charge on any atom is -0.0685 e. The Labute approximate surface area is 103 Å². The van der Waals surface area contributed by atoms with Crippen molar-refractivity contribution in [1.82, 2.24) is 0 Å². The molecular weight excluding hydrogens is 208 g/mol. The first-order valence-electron chi connectivity index (χ1n) is 5.90. The molecule has 2 aliphatic carbocycles. The van der Waals surface area contributed by atoms with E-state index >= 15 is 0 Å². The molecule has 2 aliphatic rings. The van der Waals surface area contributed by atoms with Gasteiger partial charge in [0.25, 0.3) is 0 Å². The fourth-order valence-electron chi connectivity index (χ4n) is 2.53. The van der Waals surface area contributed by atoms with E-state index in [0.717, 1.165) is 0 Å². The predicted molar refractivity (Wildman–Crippen MR) is 72.2 cm³/mol. The molecule has 0 bridgehead atoms. The fourth-order valence-corrected chi connectivity index (χ4v) is 5.57. The molecule has 0 aromatic heterocycles. The molecule has 0 N–H and O–H groups in total. The summed E-state index contributed by atoms with van der Waals surface area (Å²) in [6, 6.07) is 0. The van der Waals surface area contributed by atoms with E-state index in [9.17, 15) is 0 Å². The van der Waals surface area contributed by atoms with Crippen molar-refractivity contribution < 1.29 is 0 Å². The van der Waals surface area contributed by atoms with Crippen LogP contribution in [0.2, 0.25) is 13.1 Å². The fraction of sp³-hybridized carbons (Fsp3) is 0.333. The minimum atomic E-state index is -1.46. The summed E-state index contributed by atoms with van der Waals surface area (Å²) in [7, 11) is -1.46. The second-order valence-electron chi connectivity index (χ2n) is 5.29. The van der Waals surface area contributed by atoms with Crippen molar-refractivity contribution >= 4 is 8.07 Å². The van der Waals surface area contributed by atoms with Gasteiger partial charge in [-0.05, 0) is 60.9 Å². The molecule has 0 amide bonds. The SMILES string of the molecule is C[C]1[CH][C]([Si](C)(C)[C]2[CH][CH][CH][CH]2)[C](C)[C]1C. The van der Waals surface area contributed by atoms with Gasteiger partial charge in [-0.25, -0.2) is 0 Å². The van der Waals surface area contributed by atoms with Gasteiger partial charge in [0, 0.05) is 0 Å². The molecule has 0 atom stereocenters. The van der Waals surface area contributed by atoms with Crippen molar-refractivity contribution in [1.29, 1.82) is 0 Å². The highest BCUT2D eigenvalue weighted by atomic mass is 28.3. The maximum atomic E-state index is 2.45. The highest BCUT2D eigenvalue weighted by Crippen LogP contribution is 2.53. The van der Waals surface area contributed by atoms with E-state index in [-0.39, 0.29) is 0 Å². The maximum Gasteiger partial charge on any atom is 0.0622 e. The Balaban J connectivity index is 2.11. The van der Waals surface area contributed by atoms with Gasteiger partial charge < -0.3 is 0 Å². The lowest BCUT2D eigenvalue weighted by molar-refractivity contribution is 0.992. The maximum absolute atomic E-state index is 2.45. The Kier molecular flexibility index (Phi) is 3.54. The van der Waals surface area contributed by atoms with Gasteiger partial charge in [-0.2, -0.15) is 0 Å². The molecule has 0 spiro atoms. The Bertz CT molecular complexity index is 240. The standard InChI is InChI=1S/C15H20Si/c1-11-10-15(13(3)12(11)2)16(4,5)14-8-6-7-9-14/h6-10H,1-5H3. The van der Waals surface area contributed by atoms with Crippen LogP contribution in [0, 0.1) is 60.9 Å². The van der Waals surface area contributed by atoms with Crippen LogP contribution in [0.1, 0.15) is 20.8 Å². The Morgan fingerprint density at radius 3 is 1.88 bits per heavy atom. The van der Waals surface area contributed by atoms with Gasteiger partial charge in [0.1, 0.15) is 0 Å². The number of hydrogen-bond donors (Lipinski definition) is 0. The van der Waals surface area contributed by atoms with Gasteiger partial charge in [0.05, 0.1) is 8.07 Å². The second kappa shape index (κ2) is 4.47. The van der Waals surface area contributed by atoms with Crippen LogP contribution in [0.4, 0.5) is 0 Å². The van der Waals surface area contributed by atoms with Crippen LogP contribution in [0.25, 0.3) is 0 Å². The molecule has 0 saturated heterocycles. The molecule has 10 radical (unpaired) electrons. The molecule has 2 fully saturated rings. The molecule has 0 aromatic rings. The third kappa shape index (κ3) is 2.00. The van der Waals surface area contributed by atoms with E-state index in [4.69, 9.17) is 0 Å². The van der Waals surface area contributed by atoms with Crippen molar-refractivity contribution in [2.45, 2.75) is 33.9 Å². The van der Waals surface area contributed by atoms with Gasteiger partial charge in [-0.15, -0.1) is 0 Å². The summed E-state index contributed by atoms with van der Waals surface area (Å²) in [5.74, 6) is 4.43. The quantitative estimate of drug-likeness (QED) is 0.631. The molecule has 84 valence electrons. The van der Waals surface area contributed by atoms with Crippen molar-refractivity contribution in [3.8, 4) is 0 Å². The van der Waals surface area contributed by atoms with Gasteiger partial charge in [0.15, 0.2) is 0 Å². The highest BCUT2D eigenvalue weighted by Gasteiger charge is 2.49. The zero-order chi connectivity index (χ0) is 11.9. The smallest absolute Gasteiger partial charge is 0.0622 e. The van der Waals surface area contributed by atoms with Crippen molar-refractivity contribution in [2.24, 2.45) is 0 Å². The topological polar surface area (TPSA) is 0 Å². The number of rotatable bonds is 2. The average Bonchev–Trinajstić information content (AvgIpc) is 2.83. The summed E-state index contributed by atoms with van der Waals surface area (Å²) in [4.78, 5) is 0. The van der Waals surface area contributed by atoms with E-state index < -0.39 is 8.07 Å². The van der Waals surface area contributed by atoms with Gasteiger partial charge in [0.2, 0.25) is 0 Å². The summed E-state index contributed by atoms with van der Waals surface area (Å²) in [6.45, 7) is 11.6. The van der Waals surface area contributed by atoms with Crippen molar-refractivity contribution in [3.63, 3.8) is 0 Å². The molecular formula is C15H20Si. The zero-order valence-corrected chi connectivity index (χ0v) is 11.9. The van der Waals surface area contributed by atoms with Crippen LogP contribution in [0.3, 0.4) is 0 Å². The van der Waals surface area contributed by atoms with E-state index in [1.54, 1.807) is 11.1 Å². The van der Waals surface area contributed by atoms with E-state index in [1.807, 2.05) is 0 Å². The third-order valence-corrected chi connectivity index (χ3v) is 7.62. The minimum absolute atomic E-state index is 1.44. The van der Waals surface area contributed by atoms with E-state index in [0.29, 0.717) is 0 Å². The van der Waals surface area contributed by atoms with Gasteiger partial charge in [-0.1, -0.05) is 33.9 Å². The van der Waals surface area contributed by atoms with Crippen LogP contribution in [-0.4, -0.2) is 8.07 Å². The molecule has 2 rings (SSSR count). The number of hydrogen-bond acceptors (Lipinski definition) is 0. The normalized spacial score (nSPS) is 28.3. The second-order valence-corrected chi connectivity index (χ2v) is 9.66. The first-order valence-corrected chi connectivity index (χ1v) is 8.90. The van der Waals surface area contributed by atoms with Crippen LogP contribution in [0.5, 0.6) is 0 Å². The first-order chi connectivity index (χ1) is 7.44. The Hall–Kier alpha value is 0.217. The first kappa shape index (κ1) is 12.7. The largest absolute Gasteiger partial charge is 0.0685 e. The summed E-state index contributed by atoms with van der Waals surface area (Å²) in [5, 5.41) is 0. The molecule has 0 heterocycles. The van der Waals surface area contributed by atoms with Crippen LogP contribution in [0.15, 0.2) is 0 Å². The molecule has 0 nitrogen and oxygen atoms in total. The summed E-state index contributed by atoms with van der Waals surface area (Å²) in [6.07, 6.45) is 11.3. The molecule has 0 aromatic carbocycles. The zero-order valence-electron chi connectivity index (χ0n) is 10.9. The summed E-state index contributed by atoms with van der Waals surface area (Å²) in [5.41, 5.74) is 3.15. The third-order valence-electron chi connectivity index (χ3n) is 3.98. The van der Waals surface area contributed by atoms with Gasteiger partial charge >= 0.3 is 0 Å². The van der Waals surface area contributed by atoms with Crippen LogP contribution >= 0.6 is 0 Å². The van der Waals surface area contributed by atoms with E-state index in [1.165, 1.54) is 17.8 Å².